The molecule has 3 heteroatoms. The van der Waals surface area contributed by atoms with E-state index in [0.717, 1.165) is 31.5 Å². The van der Waals surface area contributed by atoms with E-state index in [4.69, 9.17) is 0 Å². The molecule has 0 radical (unpaired) electrons. The van der Waals surface area contributed by atoms with E-state index >= 15 is 0 Å². The monoisotopic (exact) mass is 263 g/mol. The van der Waals surface area contributed by atoms with Gasteiger partial charge in [0, 0.05) is 19.3 Å². The number of rotatable bonds is 7. The maximum Gasteiger partial charge on any atom is 0.0948 e. The Hall–Kier alpha value is -0.830. The molecule has 1 heterocycles. The van der Waals surface area contributed by atoms with Crippen molar-refractivity contribution in [3.05, 3.63) is 18.2 Å². The zero-order valence-electron chi connectivity index (χ0n) is 12.6. The molecule has 0 bridgehead atoms. The maximum atomic E-state index is 4.24. The molecule has 0 aliphatic heterocycles. The molecule has 2 rings (SSSR count). The number of nitrogens with one attached hydrogen (secondary N) is 1. The number of hydrogen-bond acceptors (Lipinski definition) is 2. The smallest absolute Gasteiger partial charge is 0.0948 e. The fourth-order valence-electron chi connectivity index (χ4n) is 3.08. The highest BCUT2D eigenvalue weighted by atomic mass is 15.1. The molecule has 1 saturated carbocycles. The summed E-state index contributed by atoms with van der Waals surface area (Å²) >= 11 is 0. The Morgan fingerprint density at radius 3 is 2.84 bits per heavy atom. The number of aromatic nitrogens is 2. The van der Waals surface area contributed by atoms with Gasteiger partial charge in [0.25, 0.3) is 0 Å². The predicted molar refractivity (Wildman–Crippen MR) is 80.0 cm³/mol. The van der Waals surface area contributed by atoms with E-state index in [0.29, 0.717) is 0 Å². The van der Waals surface area contributed by atoms with Crippen molar-refractivity contribution in [1.29, 1.82) is 0 Å². The zero-order valence-corrected chi connectivity index (χ0v) is 12.6. The highest BCUT2D eigenvalue weighted by Gasteiger charge is 2.17. The fraction of sp³-hybridized carbons (Fsp3) is 0.812. The molecule has 0 spiro atoms. The van der Waals surface area contributed by atoms with Crippen molar-refractivity contribution < 1.29 is 0 Å². The van der Waals surface area contributed by atoms with E-state index in [-0.39, 0.29) is 0 Å². The first-order valence-corrected chi connectivity index (χ1v) is 7.99. The summed E-state index contributed by atoms with van der Waals surface area (Å²) in [5.74, 6) is 1.93. The molecule has 0 atom stereocenters. The van der Waals surface area contributed by atoms with Crippen LogP contribution >= 0.6 is 0 Å². The number of nitrogens with zero attached hydrogens (tertiary/aromatic N) is 2. The molecule has 3 nitrogen and oxygen atoms in total. The van der Waals surface area contributed by atoms with Crippen LogP contribution in [-0.2, 0) is 13.1 Å². The Morgan fingerprint density at radius 1 is 1.32 bits per heavy atom. The van der Waals surface area contributed by atoms with E-state index in [9.17, 15) is 0 Å². The van der Waals surface area contributed by atoms with Gasteiger partial charge < -0.3 is 9.88 Å². The van der Waals surface area contributed by atoms with Crippen LogP contribution in [0.25, 0.3) is 0 Å². The van der Waals surface area contributed by atoms with Gasteiger partial charge in [-0.2, -0.15) is 0 Å². The van der Waals surface area contributed by atoms with Gasteiger partial charge in [-0.15, -0.1) is 0 Å². The van der Waals surface area contributed by atoms with Gasteiger partial charge >= 0.3 is 0 Å². The maximum absolute atomic E-state index is 4.24. The van der Waals surface area contributed by atoms with Crippen molar-refractivity contribution in [3.8, 4) is 0 Å². The van der Waals surface area contributed by atoms with E-state index in [1.807, 2.05) is 12.5 Å². The summed E-state index contributed by atoms with van der Waals surface area (Å²) in [5.41, 5.74) is 1.32. The van der Waals surface area contributed by atoms with Gasteiger partial charge in [-0.3, -0.25) is 0 Å². The normalized spacial score (nSPS) is 23.7. The lowest BCUT2D eigenvalue weighted by atomic mass is 9.81. The van der Waals surface area contributed by atoms with Crippen molar-refractivity contribution in [2.75, 3.05) is 6.54 Å². The third-order valence-corrected chi connectivity index (χ3v) is 4.43. The highest BCUT2D eigenvalue weighted by molar-refractivity contribution is 4.97. The molecule has 19 heavy (non-hydrogen) atoms. The molecule has 108 valence electrons. The minimum absolute atomic E-state index is 0.961. The lowest BCUT2D eigenvalue weighted by Gasteiger charge is -2.26. The molecule has 1 aromatic rings. The summed E-state index contributed by atoms with van der Waals surface area (Å²) in [5, 5.41) is 3.58. The molecule has 0 unspecified atom stereocenters. The summed E-state index contributed by atoms with van der Waals surface area (Å²) in [7, 11) is 0. The largest absolute Gasteiger partial charge is 0.333 e. The summed E-state index contributed by atoms with van der Waals surface area (Å²) in [4.78, 5) is 4.24. The third kappa shape index (κ3) is 4.64. The van der Waals surface area contributed by atoms with E-state index in [2.05, 4.69) is 28.7 Å². The van der Waals surface area contributed by atoms with Gasteiger partial charge in [0.1, 0.15) is 0 Å². The van der Waals surface area contributed by atoms with Gasteiger partial charge in [-0.25, -0.2) is 4.98 Å². The number of imidazole rings is 1. The van der Waals surface area contributed by atoms with Gasteiger partial charge in [0.2, 0.25) is 0 Å². The van der Waals surface area contributed by atoms with Crippen LogP contribution in [-0.4, -0.2) is 16.1 Å². The second kappa shape index (κ2) is 7.68. The minimum atomic E-state index is 0.961. The average Bonchev–Trinajstić information content (AvgIpc) is 2.85. The summed E-state index contributed by atoms with van der Waals surface area (Å²) < 4.78 is 2.26. The predicted octanol–water partition coefficient (Wildman–Crippen LogP) is 3.60. The molecule has 1 aliphatic carbocycles. The highest BCUT2D eigenvalue weighted by Crippen LogP contribution is 2.29. The first-order valence-electron chi connectivity index (χ1n) is 7.99. The lowest BCUT2D eigenvalue weighted by Crippen LogP contribution is -2.21. The first-order chi connectivity index (χ1) is 9.29. The van der Waals surface area contributed by atoms with E-state index in [1.165, 1.54) is 44.2 Å². The second-order valence-electron chi connectivity index (χ2n) is 6.17. The van der Waals surface area contributed by atoms with E-state index in [1.54, 1.807) is 0 Å². The van der Waals surface area contributed by atoms with Gasteiger partial charge in [0.05, 0.1) is 12.0 Å². The second-order valence-corrected chi connectivity index (χ2v) is 6.17. The Balaban J connectivity index is 1.62. The van der Waals surface area contributed by atoms with Crippen molar-refractivity contribution in [2.45, 2.75) is 65.5 Å². The first kappa shape index (κ1) is 14.6. The van der Waals surface area contributed by atoms with Crippen LogP contribution in [0.3, 0.4) is 0 Å². The van der Waals surface area contributed by atoms with Gasteiger partial charge in [-0.1, -0.05) is 39.5 Å². The molecule has 0 aromatic carbocycles. The summed E-state index contributed by atoms with van der Waals surface area (Å²) in [6.07, 6.45) is 12.2. The molecule has 0 saturated heterocycles. The topological polar surface area (TPSA) is 29.9 Å². The third-order valence-electron chi connectivity index (χ3n) is 4.43. The summed E-state index contributed by atoms with van der Waals surface area (Å²) in [6.45, 7) is 7.79. The van der Waals surface area contributed by atoms with Crippen molar-refractivity contribution >= 4 is 0 Å². The summed E-state index contributed by atoms with van der Waals surface area (Å²) in [6, 6.07) is 0. The average molecular weight is 263 g/mol. The minimum Gasteiger partial charge on any atom is -0.333 e. The van der Waals surface area contributed by atoms with Crippen LogP contribution in [0.5, 0.6) is 0 Å². The molecule has 1 aliphatic rings. The van der Waals surface area contributed by atoms with E-state index < -0.39 is 0 Å². The number of aryl methyl sites for hydroxylation is 1. The Kier molecular flexibility index (Phi) is 5.90. The quantitative estimate of drug-likeness (QED) is 0.762. The molecule has 0 amide bonds. The molecule has 1 aromatic heterocycles. The standard InChI is InChI=1S/C16H29N3/c1-3-10-19-13-18-12-16(19)11-17-9-8-15-6-4-14(2)5-7-15/h12-15,17H,3-11H2,1-2H3. The Labute approximate surface area is 117 Å². The Bertz CT molecular complexity index is 351. The van der Waals surface area contributed by atoms with Crippen molar-refractivity contribution in [1.82, 2.24) is 14.9 Å². The van der Waals surface area contributed by atoms with Crippen LogP contribution in [0, 0.1) is 11.8 Å². The fourth-order valence-corrected chi connectivity index (χ4v) is 3.08. The Morgan fingerprint density at radius 2 is 2.11 bits per heavy atom. The molecular weight excluding hydrogens is 234 g/mol. The number of hydrogen-bond donors (Lipinski definition) is 1. The van der Waals surface area contributed by atoms with Gasteiger partial charge in [-0.05, 0) is 31.2 Å². The molecular formula is C16H29N3. The zero-order chi connectivity index (χ0) is 13.5. The van der Waals surface area contributed by atoms with Gasteiger partial charge in [0.15, 0.2) is 0 Å². The van der Waals surface area contributed by atoms with Crippen LogP contribution in [0.15, 0.2) is 12.5 Å². The van der Waals surface area contributed by atoms with Crippen molar-refractivity contribution in [3.63, 3.8) is 0 Å². The molecule has 1 fully saturated rings. The lowest BCUT2D eigenvalue weighted by molar-refractivity contribution is 0.275. The molecule has 1 N–H and O–H groups in total. The van der Waals surface area contributed by atoms with Crippen molar-refractivity contribution in [2.24, 2.45) is 11.8 Å². The SMILES string of the molecule is CCCn1cncc1CNCCC1CCC(C)CC1. The van der Waals surface area contributed by atoms with Crippen LogP contribution in [0.2, 0.25) is 0 Å². The van der Waals surface area contributed by atoms with Crippen LogP contribution in [0.1, 0.15) is 58.1 Å². The van der Waals surface area contributed by atoms with Crippen LogP contribution < -0.4 is 5.32 Å². The van der Waals surface area contributed by atoms with Crippen LogP contribution in [0.4, 0.5) is 0 Å².